The van der Waals surface area contributed by atoms with Gasteiger partial charge in [-0.15, -0.1) is 0 Å². The monoisotopic (exact) mass is 372 g/mol. The molecule has 0 saturated heterocycles. The van der Waals surface area contributed by atoms with Crippen LogP contribution in [0.1, 0.15) is 30.0 Å². The zero-order valence-electron chi connectivity index (χ0n) is 15.6. The molecule has 0 fully saturated rings. The van der Waals surface area contributed by atoms with Crippen molar-refractivity contribution in [1.29, 1.82) is 0 Å². The molecule has 6 heteroatoms. The fourth-order valence-corrected chi connectivity index (χ4v) is 3.97. The highest BCUT2D eigenvalue weighted by Crippen LogP contribution is 2.51. The van der Waals surface area contributed by atoms with E-state index in [1.54, 1.807) is 12.4 Å². The van der Waals surface area contributed by atoms with E-state index in [-0.39, 0.29) is 6.02 Å². The Morgan fingerprint density at radius 3 is 2.46 bits per heavy atom. The SMILES string of the molecule is CCCc1ccc2c(c1)[C@@]1(COC(N)=N1)c1cc(-c3cncnc3)ccc1O2. The molecule has 0 saturated carbocycles. The number of hydrogen-bond donors (Lipinski definition) is 1. The summed E-state index contributed by atoms with van der Waals surface area (Å²) in [6.45, 7) is 2.52. The minimum absolute atomic E-state index is 0.202. The van der Waals surface area contributed by atoms with E-state index in [1.165, 1.54) is 11.9 Å². The number of aliphatic imine (C=N–C) groups is 1. The molecule has 1 atom stereocenters. The molecule has 2 aromatic carbocycles. The van der Waals surface area contributed by atoms with E-state index in [2.05, 4.69) is 35.1 Å². The summed E-state index contributed by atoms with van der Waals surface area (Å²) in [5, 5.41) is 0. The van der Waals surface area contributed by atoms with E-state index in [1.807, 2.05) is 18.2 Å². The van der Waals surface area contributed by atoms with Gasteiger partial charge in [-0.2, -0.15) is 0 Å². The maximum Gasteiger partial charge on any atom is 0.283 e. The van der Waals surface area contributed by atoms with Crippen molar-refractivity contribution in [2.45, 2.75) is 25.3 Å². The third kappa shape index (κ3) is 2.52. The summed E-state index contributed by atoms with van der Waals surface area (Å²) in [7, 11) is 0. The van der Waals surface area contributed by atoms with Crippen LogP contribution < -0.4 is 10.5 Å². The number of amidine groups is 1. The van der Waals surface area contributed by atoms with E-state index in [4.69, 9.17) is 20.2 Å². The second kappa shape index (κ2) is 6.34. The van der Waals surface area contributed by atoms with E-state index >= 15 is 0 Å². The zero-order valence-corrected chi connectivity index (χ0v) is 15.6. The first-order valence-corrected chi connectivity index (χ1v) is 9.39. The van der Waals surface area contributed by atoms with Crippen LogP contribution in [0.4, 0.5) is 0 Å². The standard InChI is InChI=1S/C22H20N4O2/c1-2-3-14-4-6-19-17(8-14)22(12-27-21(23)26-22)18-9-15(5-7-20(18)28-19)16-10-24-13-25-11-16/h4-11,13H,2-3,12H2,1H3,(H2,23,26)/t22-/m0/s1. The molecule has 0 aliphatic carbocycles. The number of hydrogen-bond acceptors (Lipinski definition) is 6. The molecule has 1 aromatic heterocycles. The van der Waals surface area contributed by atoms with Gasteiger partial charge in [0, 0.05) is 29.1 Å². The number of benzene rings is 2. The second-order valence-electron chi connectivity index (χ2n) is 7.12. The number of ether oxygens (including phenoxy) is 2. The summed E-state index contributed by atoms with van der Waals surface area (Å²) >= 11 is 0. The third-order valence-electron chi connectivity index (χ3n) is 5.30. The first kappa shape index (κ1) is 16.7. The van der Waals surface area contributed by atoms with Gasteiger partial charge in [0.1, 0.15) is 24.4 Å². The minimum atomic E-state index is -0.706. The van der Waals surface area contributed by atoms with Crippen molar-refractivity contribution in [3.63, 3.8) is 0 Å². The first-order valence-electron chi connectivity index (χ1n) is 9.39. The Morgan fingerprint density at radius 2 is 1.75 bits per heavy atom. The Morgan fingerprint density at radius 1 is 1.00 bits per heavy atom. The molecule has 28 heavy (non-hydrogen) atoms. The summed E-state index contributed by atoms with van der Waals surface area (Å²) in [6, 6.07) is 12.6. The Kier molecular flexibility index (Phi) is 3.79. The number of aromatic nitrogens is 2. The molecule has 0 unspecified atom stereocenters. The molecule has 5 rings (SSSR count). The molecule has 140 valence electrons. The van der Waals surface area contributed by atoms with Gasteiger partial charge in [0.2, 0.25) is 0 Å². The maximum atomic E-state index is 6.23. The fourth-order valence-electron chi connectivity index (χ4n) is 3.97. The van der Waals surface area contributed by atoms with E-state index in [0.29, 0.717) is 6.61 Å². The van der Waals surface area contributed by atoms with Crippen LogP contribution in [0.5, 0.6) is 11.5 Å². The quantitative estimate of drug-likeness (QED) is 0.756. The van der Waals surface area contributed by atoms with Gasteiger partial charge < -0.3 is 15.2 Å². The maximum absolute atomic E-state index is 6.23. The Labute approximate surface area is 163 Å². The van der Waals surface area contributed by atoms with Crippen LogP contribution in [-0.4, -0.2) is 22.6 Å². The predicted octanol–water partition coefficient (Wildman–Crippen LogP) is 3.79. The summed E-state index contributed by atoms with van der Waals surface area (Å²) in [6.07, 6.45) is 7.18. The van der Waals surface area contributed by atoms with Crippen LogP contribution in [0, 0.1) is 0 Å². The summed E-state index contributed by atoms with van der Waals surface area (Å²) in [5.41, 5.74) is 10.4. The van der Waals surface area contributed by atoms with Gasteiger partial charge in [-0.05, 0) is 41.8 Å². The summed E-state index contributed by atoms with van der Waals surface area (Å²) in [4.78, 5) is 13.0. The van der Waals surface area contributed by atoms with Crippen LogP contribution in [0.15, 0.2) is 60.1 Å². The topological polar surface area (TPSA) is 82.6 Å². The van der Waals surface area contributed by atoms with Gasteiger partial charge in [-0.25, -0.2) is 15.0 Å². The summed E-state index contributed by atoms with van der Waals surface area (Å²) < 4.78 is 11.9. The Bertz CT molecular complexity index is 1080. The van der Waals surface area contributed by atoms with Crippen LogP contribution in [0.2, 0.25) is 0 Å². The van der Waals surface area contributed by atoms with Crippen LogP contribution in [0.25, 0.3) is 11.1 Å². The fraction of sp³-hybridized carbons (Fsp3) is 0.227. The highest BCUT2D eigenvalue weighted by molar-refractivity contribution is 5.77. The van der Waals surface area contributed by atoms with Gasteiger partial charge in [0.25, 0.3) is 6.02 Å². The molecule has 3 aromatic rings. The molecule has 2 aliphatic rings. The number of aryl methyl sites for hydroxylation is 1. The third-order valence-corrected chi connectivity index (χ3v) is 5.30. The van der Waals surface area contributed by atoms with E-state index in [9.17, 15) is 0 Å². The van der Waals surface area contributed by atoms with Crippen LogP contribution in [-0.2, 0) is 16.7 Å². The highest BCUT2D eigenvalue weighted by Gasteiger charge is 2.47. The molecule has 2 N–H and O–H groups in total. The molecule has 0 amide bonds. The molecule has 2 aliphatic heterocycles. The Balaban J connectivity index is 1.71. The molecular weight excluding hydrogens is 352 g/mol. The lowest BCUT2D eigenvalue weighted by Gasteiger charge is -2.34. The average Bonchev–Trinajstić information content (AvgIpc) is 3.12. The summed E-state index contributed by atoms with van der Waals surface area (Å²) in [5.74, 6) is 1.56. The lowest BCUT2D eigenvalue weighted by atomic mass is 9.79. The van der Waals surface area contributed by atoms with E-state index < -0.39 is 5.54 Å². The van der Waals surface area contributed by atoms with Gasteiger partial charge >= 0.3 is 0 Å². The van der Waals surface area contributed by atoms with Crippen molar-refractivity contribution < 1.29 is 9.47 Å². The predicted molar refractivity (Wildman–Crippen MR) is 106 cm³/mol. The van der Waals surface area contributed by atoms with E-state index in [0.717, 1.165) is 46.6 Å². The average molecular weight is 372 g/mol. The lowest BCUT2D eigenvalue weighted by molar-refractivity contribution is 0.264. The first-order chi connectivity index (χ1) is 13.7. The number of nitrogens with zero attached hydrogens (tertiary/aromatic N) is 3. The van der Waals surface area contributed by atoms with Gasteiger partial charge in [-0.3, -0.25) is 0 Å². The van der Waals surface area contributed by atoms with Crippen molar-refractivity contribution in [3.05, 3.63) is 71.8 Å². The van der Waals surface area contributed by atoms with Gasteiger partial charge in [-0.1, -0.05) is 25.5 Å². The molecular formula is C22H20N4O2. The van der Waals surface area contributed by atoms with Crippen molar-refractivity contribution in [2.75, 3.05) is 6.61 Å². The molecule has 6 nitrogen and oxygen atoms in total. The minimum Gasteiger partial charge on any atom is -0.462 e. The van der Waals surface area contributed by atoms with Crippen molar-refractivity contribution in [2.24, 2.45) is 10.7 Å². The largest absolute Gasteiger partial charge is 0.462 e. The lowest BCUT2D eigenvalue weighted by Crippen LogP contribution is -2.31. The van der Waals surface area contributed by atoms with Crippen LogP contribution >= 0.6 is 0 Å². The number of nitrogens with two attached hydrogens (primary N) is 1. The van der Waals surface area contributed by atoms with Crippen molar-refractivity contribution in [3.8, 4) is 22.6 Å². The zero-order chi connectivity index (χ0) is 19.1. The van der Waals surface area contributed by atoms with Crippen molar-refractivity contribution >= 4 is 6.02 Å². The van der Waals surface area contributed by atoms with Crippen molar-refractivity contribution in [1.82, 2.24) is 9.97 Å². The molecule has 0 radical (unpaired) electrons. The van der Waals surface area contributed by atoms with Gasteiger partial charge in [0.05, 0.1) is 0 Å². The second-order valence-corrected chi connectivity index (χ2v) is 7.12. The molecule has 1 spiro atoms. The van der Waals surface area contributed by atoms with Gasteiger partial charge in [0.15, 0.2) is 5.54 Å². The van der Waals surface area contributed by atoms with Crippen LogP contribution in [0.3, 0.4) is 0 Å². The normalized spacial score (nSPS) is 19.4. The molecule has 3 heterocycles. The number of fused-ring (bicyclic) bond motifs is 4. The Hall–Kier alpha value is -3.41. The smallest absolute Gasteiger partial charge is 0.283 e. The highest BCUT2D eigenvalue weighted by atomic mass is 16.5. The number of rotatable bonds is 3. The molecule has 0 bridgehead atoms.